The van der Waals surface area contributed by atoms with Crippen LogP contribution < -0.4 is 5.32 Å². The van der Waals surface area contributed by atoms with E-state index in [1.807, 2.05) is 18.2 Å². The summed E-state index contributed by atoms with van der Waals surface area (Å²) in [5.41, 5.74) is 3.29. The molecule has 1 amide bonds. The zero-order valence-corrected chi connectivity index (χ0v) is 10.6. The van der Waals surface area contributed by atoms with Crippen molar-refractivity contribution in [3.8, 4) is 0 Å². The molecule has 3 rings (SSSR count). The molecule has 0 aromatic carbocycles. The van der Waals surface area contributed by atoms with Crippen LogP contribution >= 0.6 is 11.3 Å². The van der Waals surface area contributed by atoms with Crippen molar-refractivity contribution in [2.45, 2.75) is 18.3 Å². The summed E-state index contributed by atoms with van der Waals surface area (Å²) in [7, 11) is 0. The minimum atomic E-state index is -0.0987. The minimum absolute atomic E-state index is 0.0486. The average Bonchev–Trinajstić information content (AvgIpc) is 3.01. The number of carbonyl (C=O) groups excluding carboxylic acids is 1. The number of thiazole rings is 1. The Balaban J connectivity index is 1.66. The lowest BCUT2D eigenvalue weighted by Gasteiger charge is -2.14. The topological polar surface area (TPSA) is 54.9 Å². The Morgan fingerprint density at radius 2 is 2.28 bits per heavy atom. The number of carbonyl (C=O) groups is 1. The smallest absolute Gasteiger partial charge is 0.270 e. The maximum Gasteiger partial charge on any atom is 0.270 e. The van der Waals surface area contributed by atoms with Crippen molar-refractivity contribution >= 4 is 17.2 Å². The van der Waals surface area contributed by atoms with Gasteiger partial charge in [0, 0.05) is 29.2 Å². The van der Waals surface area contributed by atoms with Crippen LogP contribution in [0.4, 0.5) is 0 Å². The quantitative estimate of drug-likeness (QED) is 0.913. The molecule has 0 bridgehead atoms. The van der Waals surface area contributed by atoms with E-state index in [1.165, 1.54) is 11.3 Å². The third-order valence-corrected chi connectivity index (χ3v) is 3.90. The van der Waals surface area contributed by atoms with Gasteiger partial charge in [-0.3, -0.25) is 9.78 Å². The van der Waals surface area contributed by atoms with E-state index in [0.29, 0.717) is 12.2 Å². The fraction of sp³-hybridized carbons (Fsp3) is 0.308. The SMILES string of the molecule is O=C(NCC1(c2ccccn2)CC1)c1cscn1. The van der Waals surface area contributed by atoms with Crippen molar-refractivity contribution in [2.75, 3.05) is 6.54 Å². The van der Waals surface area contributed by atoms with Gasteiger partial charge in [0.15, 0.2) is 0 Å². The highest BCUT2D eigenvalue weighted by atomic mass is 32.1. The van der Waals surface area contributed by atoms with Gasteiger partial charge in [0.1, 0.15) is 5.69 Å². The number of pyridine rings is 1. The van der Waals surface area contributed by atoms with E-state index < -0.39 is 0 Å². The van der Waals surface area contributed by atoms with Crippen LogP contribution in [0.15, 0.2) is 35.3 Å². The second-order valence-corrected chi connectivity index (χ2v) is 5.27. The van der Waals surface area contributed by atoms with Gasteiger partial charge >= 0.3 is 0 Å². The van der Waals surface area contributed by atoms with Crippen LogP contribution in [0.3, 0.4) is 0 Å². The summed E-state index contributed by atoms with van der Waals surface area (Å²) in [6.07, 6.45) is 3.97. The second kappa shape index (κ2) is 4.49. The van der Waals surface area contributed by atoms with E-state index in [2.05, 4.69) is 15.3 Å². The van der Waals surface area contributed by atoms with E-state index in [0.717, 1.165) is 18.5 Å². The molecule has 1 aliphatic carbocycles. The largest absolute Gasteiger partial charge is 0.350 e. The van der Waals surface area contributed by atoms with Crippen LogP contribution in [-0.4, -0.2) is 22.4 Å². The van der Waals surface area contributed by atoms with Crippen molar-refractivity contribution in [1.29, 1.82) is 0 Å². The molecule has 18 heavy (non-hydrogen) atoms. The predicted molar refractivity (Wildman–Crippen MR) is 69.6 cm³/mol. The predicted octanol–water partition coefficient (Wildman–Crippen LogP) is 2.00. The molecule has 1 N–H and O–H groups in total. The Bertz CT molecular complexity index is 535. The first-order valence-corrected chi connectivity index (χ1v) is 6.82. The molecular weight excluding hydrogens is 246 g/mol. The molecule has 5 heteroatoms. The van der Waals surface area contributed by atoms with Gasteiger partial charge in [0.05, 0.1) is 5.51 Å². The summed E-state index contributed by atoms with van der Waals surface area (Å²) in [6, 6.07) is 5.93. The van der Waals surface area contributed by atoms with Crippen LogP contribution in [0.25, 0.3) is 0 Å². The maximum absolute atomic E-state index is 11.8. The van der Waals surface area contributed by atoms with E-state index in [9.17, 15) is 4.79 Å². The van der Waals surface area contributed by atoms with Gasteiger partial charge in [-0.15, -0.1) is 11.3 Å². The Hall–Kier alpha value is -1.75. The van der Waals surface area contributed by atoms with Crippen molar-refractivity contribution in [3.05, 3.63) is 46.7 Å². The van der Waals surface area contributed by atoms with Gasteiger partial charge in [-0.25, -0.2) is 4.98 Å². The lowest BCUT2D eigenvalue weighted by Crippen LogP contribution is -2.32. The zero-order valence-electron chi connectivity index (χ0n) is 9.80. The number of nitrogens with zero attached hydrogens (tertiary/aromatic N) is 2. The first-order valence-electron chi connectivity index (χ1n) is 5.88. The molecule has 1 saturated carbocycles. The standard InChI is InChI=1S/C13H13N3OS/c17-12(10-7-18-9-16-10)15-8-13(4-5-13)11-3-1-2-6-14-11/h1-3,6-7,9H,4-5,8H2,(H,15,17). The third-order valence-electron chi connectivity index (χ3n) is 3.31. The van der Waals surface area contributed by atoms with Crippen molar-refractivity contribution in [3.63, 3.8) is 0 Å². The van der Waals surface area contributed by atoms with Crippen LogP contribution in [0.2, 0.25) is 0 Å². The number of hydrogen-bond donors (Lipinski definition) is 1. The van der Waals surface area contributed by atoms with Crippen molar-refractivity contribution in [1.82, 2.24) is 15.3 Å². The summed E-state index contributed by atoms with van der Waals surface area (Å²) < 4.78 is 0. The molecule has 0 atom stereocenters. The molecule has 4 nitrogen and oxygen atoms in total. The highest BCUT2D eigenvalue weighted by Gasteiger charge is 2.45. The normalized spacial score (nSPS) is 16.2. The highest BCUT2D eigenvalue weighted by molar-refractivity contribution is 7.07. The van der Waals surface area contributed by atoms with Crippen molar-refractivity contribution in [2.24, 2.45) is 0 Å². The summed E-state index contributed by atoms with van der Waals surface area (Å²) in [4.78, 5) is 20.2. The van der Waals surface area contributed by atoms with Gasteiger partial charge in [0.25, 0.3) is 5.91 Å². The third kappa shape index (κ3) is 2.13. The lowest BCUT2D eigenvalue weighted by atomic mass is 10.0. The van der Waals surface area contributed by atoms with E-state index in [4.69, 9.17) is 0 Å². The van der Waals surface area contributed by atoms with Gasteiger partial charge in [-0.1, -0.05) is 6.07 Å². The van der Waals surface area contributed by atoms with Gasteiger partial charge in [-0.05, 0) is 25.0 Å². The Morgan fingerprint density at radius 3 is 2.89 bits per heavy atom. The molecule has 2 aromatic rings. The molecule has 0 aliphatic heterocycles. The van der Waals surface area contributed by atoms with Gasteiger partial charge < -0.3 is 5.32 Å². The molecule has 1 aliphatic rings. The van der Waals surface area contributed by atoms with Gasteiger partial charge in [-0.2, -0.15) is 0 Å². The monoisotopic (exact) mass is 259 g/mol. The van der Waals surface area contributed by atoms with Crippen LogP contribution in [0.1, 0.15) is 29.0 Å². The highest BCUT2D eigenvalue weighted by Crippen LogP contribution is 2.46. The van der Waals surface area contributed by atoms with Crippen LogP contribution in [-0.2, 0) is 5.41 Å². The average molecular weight is 259 g/mol. The van der Waals surface area contributed by atoms with E-state index in [-0.39, 0.29) is 11.3 Å². The number of hydrogen-bond acceptors (Lipinski definition) is 4. The van der Waals surface area contributed by atoms with E-state index in [1.54, 1.807) is 17.1 Å². The molecule has 0 unspecified atom stereocenters. The Labute approximate surface area is 109 Å². The molecule has 2 heterocycles. The zero-order chi connectivity index (χ0) is 12.4. The van der Waals surface area contributed by atoms with Crippen LogP contribution in [0, 0.1) is 0 Å². The second-order valence-electron chi connectivity index (χ2n) is 4.55. The molecular formula is C13H13N3OS. The fourth-order valence-corrected chi connectivity index (χ4v) is 2.55. The molecule has 0 radical (unpaired) electrons. The molecule has 92 valence electrons. The number of rotatable bonds is 4. The van der Waals surface area contributed by atoms with E-state index >= 15 is 0 Å². The van der Waals surface area contributed by atoms with Crippen LogP contribution in [0.5, 0.6) is 0 Å². The van der Waals surface area contributed by atoms with Crippen molar-refractivity contribution < 1.29 is 4.79 Å². The van der Waals surface area contributed by atoms with Gasteiger partial charge in [0.2, 0.25) is 0 Å². The Kier molecular flexibility index (Phi) is 2.83. The summed E-state index contributed by atoms with van der Waals surface area (Å²) in [6.45, 7) is 0.639. The molecule has 0 spiro atoms. The molecule has 2 aromatic heterocycles. The maximum atomic E-state index is 11.8. The lowest BCUT2D eigenvalue weighted by molar-refractivity contribution is 0.0945. The summed E-state index contributed by atoms with van der Waals surface area (Å²) in [5.74, 6) is -0.0987. The molecule has 0 saturated heterocycles. The number of nitrogens with one attached hydrogen (secondary N) is 1. The first-order chi connectivity index (χ1) is 8.80. The Morgan fingerprint density at radius 1 is 1.39 bits per heavy atom. The number of aromatic nitrogens is 2. The molecule has 1 fully saturated rings. The summed E-state index contributed by atoms with van der Waals surface area (Å²) in [5, 5.41) is 4.71. The fourth-order valence-electron chi connectivity index (χ4n) is 2.02. The first kappa shape index (κ1) is 11.3. The number of amides is 1. The summed E-state index contributed by atoms with van der Waals surface area (Å²) >= 11 is 1.43. The minimum Gasteiger partial charge on any atom is -0.350 e.